The van der Waals surface area contributed by atoms with Crippen LogP contribution < -0.4 is 5.32 Å². The number of urea groups is 1. The van der Waals surface area contributed by atoms with Crippen LogP contribution in [0.4, 0.5) is 4.79 Å². The zero-order valence-electron chi connectivity index (χ0n) is 18.3. The largest absolute Gasteiger partial charge is 0.456 e. The standard InChI is InChI=1S/C23H30N2O5/c1-14-6-7-16(3)17(8-14)18(26)12-30-19(27)11-25-20(28)23(24-21(25)29)10-15(2)9-22(4,5)13-23/h6-8,15H,9-13H2,1-5H3,(H,24,29)/t15-,23+/m1/s1. The summed E-state index contributed by atoms with van der Waals surface area (Å²) < 4.78 is 5.09. The van der Waals surface area contributed by atoms with E-state index in [1.54, 1.807) is 6.07 Å². The van der Waals surface area contributed by atoms with Gasteiger partial charge in [-0.15, -0.1) is 0 Å². The van der Waals surface area contributed by atoms with Crippen LogP contribution in [0.15, 0.2) is 18.2 Å². The van der Waals surface area contributed by atoms with Crippen LogP contribution in [0, 0.1) is 25.2 Å². The fraction of sp³-hybridized carbons (Fsp3) is 0.565. The van der Waals surface area contributed by atoms with Crippen molar-refractivity contribution in [1.29, 1.82) is 0 Å². The number of nitrogens with zero attached hydrogens (tertiary/aromatic N) is 1. The normalized spacial score (nSPS) is 25.4. The molecule has 162 valence electrons. The highest BCUT2D eigenvalue weighted by atomic mass is 16.5. The number of hydrogen-bond acceptors (Lipinski definition) is 5. The molecule has 7 heteroatoms. The van der Waals surface area contributed by atoms with E-state index < -0.39 is 30.7 Å². The van der Waals surface area contributed by atoms with Crippen molar-refractivity contribution >= 4 is 23.7 Å². The average Bonchev–Trinajstić information content (AvgIpc) is 2.83. The third-order valence-electron chi connectivity index (χ3n) is 5.97. The summed E-state index contributed by atoms with van der Waals surface area (Å²) in [7, 11) is 0. The number of aryl methyl sites for hydroxylation is 2. The second-order valence-electron chi connectivity index (χ2n) is 9.66. The summed E-state index contributed by atoms with van der Waals surface area (Å²) in [6, 6.07) is 4.91. The summed E-state index contributed by atoms with van der Waals surface area (Å²) in [6.07, 6.45) is 2.06. The first-order valence-electron chi connectivity index (χ1n) is 10.3. The second kappa shape index (κ2) is 7.85. The molecular formula is C23H30N2O5. The van der Waals surface area contributed by atoms with Crippen molar-refractivity contribution in [2.75, 3.05) is 13.2 Å². The number of amides is 3. The van der Waals surface area contributed by atoms with E-state index in [1.807, 2.05) is 26.0 Å². The maximum Gasteiger partial charge on any atom is 0.326 e. The first kappa shape index (κ1) is 22.0. The molecule has 3 rings (SSSR count). The highest BCUT2D eigenvalue weighted by Crippen LogP contribution is 2.46. The molecule has 1 saturated heterocycles. The monoisotopic (exact) mass is 414 g/mol. The van der Waals surface area contributed by atoms with Gasteiger partial charge in [0.2, 0.25) is 5.78 Å². The molecule has 1 heterocycles. The lowest BCUT2D eigenvalue weighted by atomic mass is 9.64. The van der Waals surface area contributed by atoms with Gasteiger partial charge in [-0.2, -0.15) is 0 Å². The summed E-state index contributed by atoms with van der Waals surface area (Å²) in [6.45, 7) is 9.00. The number of carbonyl (C=O) groups excluding carboxylic acids is 4. The minimum absolute atomic E-state index is 0.0881. The van der Waals surface area contributed by atoms with Crippen LogP contribution in [-0.2, 0) is 14.3 Å². The molecule has 30 heavy (non-hydrogen) atoms. The molecule has 1 aliphatic heterocycles. The van der Waals surface area contributed by atoms with Crippen molar-refractivity contribution in [3.8, 4) is 0 Å². The van der Waals surface area contributed by atoms with Crippen molar-refractivity contribution in [2.24, 2.45) is 11.3 Å². The Morgan fingerprint density at radius 3 is 2.57 bits per heavy atom. The summed E-state index contributed by atoms with van der Waals surface area (Å²) in [5, 5.41) is 2.83. The van der Waals surface area contributed by atoms with E-state index in [0.29, 0.717) is 18.4 Å². The molecule has 1 aromatic carbocycles. The Morgan fingerprint density at radius 1 is 1.20 bits per heavy atom. The van der Waals surface area contributed by atoms with Crippen molar-refractivity contribution in [3.05, 3.63) is 34.9 Å². The van der Waals surface area contributed by atoms with E-state index in [1.165, 1.54) is 0 Å². The number of benzene rings is 1. The molecule has 0 aromatic heterocycles. The zero-order valence-corrected chi connectivity index (χ0v) is 18.3. The van der Waals surface area contributed by atoms with E-state index in [-0.39, 0.29) is 23.0 Å². The Kier molecular flexibility index (Phi) is 5.76. The molecule has 0 radical (unpaired) electrons. The van der Waals surface area contributed by atoms with Crippen LogP contribution in [-0.4, -0.2) is 47.3 Å². The number of ketones is 1. The third-order valence-corrected chi connectivity index (χ3v) is 5.97. The molecule has 0 unspecified atom stereocenters. The van der Waals surface area contributed by atoms with Crippen molar-refractivity contribution < 1.29 is 23.9 Å². The predicted molar refractivity (Wildman–Crippen MR) is 111 cm³/mol. The van der Waals surface area contributed by atoms with Gasteiger partial charge in [0.1, 0.15) is 12.1 Å². The minimum Gasteiger partial charge on any atom is -0.456 e. The lowest BCUT2D eigenvalue weighted by Gasteiger charge is -2.43. The summed E-state index contributed by atoms with van der Waals surface area (Å²) >= 11 is 0. The van der Waals surface area contributed by atoms with Crippen LogP contribution in [0.2, 0.25) is 0 Å². The van der Waals surface area contributed by atoms with Gasteiger partial charge < -0.3 is 10.1 Å². The molecular weight excluding hydrogens is 384 g/mol. The van der Waals surface area contributed by atoms with E-state index in [2.05, 4.69) is 26.1 Å². The van der Waals surface area contributed by atoms with E-state index in [0.717, 1.165) is 22.4 Å². The highest BCUT2D eigenvalue weighted by molar-refractivity contribution is 6.09. The van der Waals surface area contributed by atoms with Crippen molar-refractivity contribution in [1.82, 2.24) is 10.2 Å². The molecule has 1 aliphatic carbocycles. The van der Waals surface area contributed by atoms with Crippen LogP contribution in [0.3, 0.4) is 0 Å². The summed E-state index contributed by atoms with van der Waals surface area (Å²) in [5.41, 5.74) is 1.17. The number of esters is 1. The number of Topliss-reactive ketones (excluding diaryl/α,β-unsaturated/α-hetero) is 1. The van der Waals surface area contributed by atoms with Gasteiger partial charge in [0.05, 0.1) is 0 Å². The van der Waals surface area contributed by atoms with Gasteiger partial charge in [-0.1, -0.05) is 38.5 Å². The van der Waals surface area contributed by atoms with Gasteiger partial charge in [0.15, 0.2) is 6.61 Å². The van der Waals surface area contributed by atoms with Crippen LogP contribution >= 0.6 is 0 Å². The van der Waals surface area contributed by atoms with Crippen LogP contribution in [0.1, 0.15) is 61.5 Å². The molecule has 1 saturated carbocycles. The number of carbonyl (C=O) groups is 4. The van der Waals surface area contributed by atoms with Crippen LogP contribution in [0.5, 0.6) is 0 Å². The van der Waals surface area contributed by atoms with Gasteiger partial charge >= 0.3 is 12.0 Å². The smallest absolute Gasteiger partial charge is 0.326 e. The van der Waals surface area contributed by atoms with Gasteiger partial charge in [-0.25, -0.2) is 4.79 Å². The average molecular weight is 415 g/mol. The molecule has 1 N–H and O–H groups in total. The van der Waals surface area contributed by atoms with E-state index in [9.17, 15) is 19.2 Å². The molecule has 7 nitrogen and oxygen atoms in total. The fourth-order valence-electron chi connectivity index (χ4n) is 5.08. The molecule has 1 spiro atoms. The third kappa shape index (κ3) is 4.40. The maximum atomic E-state index is 13.1. The van der Waals surface area contributed by atoms with E-state index in [4.69, 9.17) is 4.74 Å². The topological polar surface area (TPSA) is 92.8 Å². The Morgan fingerprint density at radius 2 is 1.90 bits per heavy atom. The van der Waals surface area contributed by atoms with Gasteiger partial charge in [-0.05, 0) is 56.1 Å². The van der Waals surface area contributed by atoms with E-state index >= 15 is 0 Å². The van der Waals surface area contributed by atoms with Crippen molar-refractivity contribution in [2.45, 2.75) is 59.4 Å². The SMILES string of the molecule is Cc1ccc(C)c(C(=O)COC(=O)CN2C(=O)N[C@]3(C[C@H](C)CC(C)(C)C3)C2=O)c1. The number of imide groups is 1. The number of rotatable bonds is 5. The molecule has 1 aromatic rings. The lowest BCUT2D eigenvalue weighted by Crippen LogP contribution is -2.54. The first-order valence-corrected chi connectivity index (χ1v) is 10.3. The molecule has 2 fully saturated rings. The lowest BCUT2D eigenvalue weighted by molar-refractivity contribution is -0.147. The summed E-state index contributed by atoms with van der Waals surface area (Å²) in [5.74, 6) is -1.21. The quantitative estimate of drug-likeness (QED) is 0.454. The Bertz CT molecular complexity index is 907. The van der Waals surface area contributed by atoms with Crippen molar-refractivity contribution in [3.63, 3.8) is 0 Å². The maximum absolute atomic E-state index is 13.1. The Hall–Kier alpha value is -2.70. The predicted octanol–water partition coefficient (Wildman–Crippen LogP) is 3.17. The second-order valence-corrected chi connectivity index (χ2v) is 9.66. The molecule has 0 bridgehead atoms. The molecule has 2 aliphatic rings. The number of hydrogen-bond donors (Lipinski definition) is 1. The van der Waals surface area contributed by atoms with Gasteiger partial charge in [0.25, 0.3) is 5.91 Å². The highest BCUT2D eigenvalue weighted by Gasteiger charge is 2.56. The molecule has 2 atom stereocenters. The Labute approximate surface area is 177 Å². The molecule has 3 amide bonds. The van der Waals surface area contributed by atoms with Gasteiger partial charge in [0, 0.05) is 5.56 Å². The fourth-order valence-corrected chi connectivity index (χ4v) is 5.08. The number of ether oxygens (including phenoxy) is 1. The summed E-state index contributed by atoms with van der Waals surface area (Å²) in [4.78, 5) is 51.2. The first-order chi connectivity index (χ1) is 13.9. The van der Waals surface area contributed by atoms with Gasteiger partial charge in [-0.3, -0.25) is 19.3 Å². The Balaban J connectivity index is 1.63. The minimum atomic E-state index is -0.965. The zero-order chi connectivity index (χ0) is 22.3. The van der Waals surface area contributed by atoms with Crippen LogP contribution in [0.25, 0.3) is 0 Å². The number of nitrogens with one attached hydrogen (secondary N) is 1.